The second-order valence-electron chi connectivity index (χ2n) is 5.85. The SMILES string of the molecule is O=S(=O)(NCC(c1ccsc1)n1cccn1)c1ccc(-n2cccn2)cc1. The van der Waals surface area contributed by atoms with Crippen molar-refractivity contribution in [3.63, 3.8) is 0 Å². The van der Waals surface area contributed by atoms with E-state index in [1.54, 1.807) is 63.6 Å². The van der Waals surface area contributed by atoms with E-state index in [0.29, 0.717) is 0 Å². The molecule has 0 aliphatic rings. The zero-order valence-electron chi connectivity index (χ0n) is 14.2. The van der Waals surface area contributed by atoms with Crippen LogP contribution in [0, 0.1) is 0 Å². The predicted molar refractivity (Wildman–Crippen MR) is 103 cm³/mol. The molecule has 0 aliphatic carbocycles. The number of sulfonamides is 1. The van der Waals surface area contributed by atoms with Crippen LogP contribution in [0.2, 0.25) is 0 Å². The monoisotopic (exact) mass is 399 g/mol. The summed E-state index contributed by atoms with van der Waals surface area (Å²) in [4.78, 5) is 0.211. The maximum Gasteiger partial charge on any atom is 0.240 e. The Kier molecular flexibility index (Phi) is 4.88. The van der Waals surface area contributed by atoms with Gasteiger partial charge in [-0.25, -0.2) is 17.8 Å². The van der Waals surface area contributed by atoms with Crippen LogP contribution in [0.3, 0.4) is 0 Å². The number of rotatable bonds is 7. The number of hydrogen-bond acceptors (Lipinski definition) is 5. The molecule has 3 heterocycles. The van der Waals surface area contributed by atoms with Crippen molar-refractivity contribution in [1.82, 2.24) is 24.3 Å². The molecule has 1 atom stereocenters. The van der Waals surface area contributed by atoms with Gasteiger partial charge in [0.05, 0.1) is 16.6 Å². The van der Waals surface area contributed by atoms with Crippen molar-refractivity contribution in [1.29, 1.82) is 0 Å². The number of nitrogens with zero attached hydrogens (tertiary/aromatic N) is 4. The number of hydrogen-bond donors (Lipinski definition) is 1. The van der Waals surface area contributed by atoms with Crippen molar-refractivity contribution in [2.45, 2.75) is 10.9 Å². The quantitative estimate of drug-likeness (QED) is 0.518. The Hall–Kier alpha value is -2.75. The highest BCUT2D eigenvalue weighted by atomic mass is 32.2. The van der Waals surface area contributed by atoms with E-state index in [1.165, 1.54) is 0 Å². The number of aromatic nitrogens is 4. The zero-order valence-corrected chi connectivity index (χ0v) is 15.8. The molecule has 1 unspecified atom stereocenters. The normalized spacial score (nSPS) is 12.9. The topological polar surface area (TPSA) is 81.8 Å². The van der Waals surface area contributed by atoms with Crippen LogP contribution in [0.4, 0.5) is 0 Å². The molecule has 0 saturated heterocycles. The van der Waals surface area contributed by atoms with Gasteiger partial charge in [0.25, 0.3) is 0 Å². The van der Waals surface area contributed by atoms with Gasteiger partial charge in [0.2, 0.25) is 10.0 Å². The van der Waals surface area contributed by atoms with Crippen LogP contribution >= 0.6 is 11.3 Å². The van der Waals surface area contributed by atoms with Gasteiger partial charge in [0.15, 0.2) is 0 Å². The maximum absolute atomic E-state index is 12.7. The summed E-state index contributed by atoms with van der Waals surface area (Å²) >= 11 is 1.57. The van der Waals surface area contributed by atoms with E-state index in [-0.39, 0.29) is 17.5 Å². The van der Waals surface area contributed by atoms with Crippen LogP contribution in [0.25, 0.3) is 5.69 Å². The minimum atomic E-state index is -3.64. The van der Waals surface area contributed by atoms with Gasteiger partial charge in [-0.15, -0.1) is 0 Å². The van der Waals surface area contributed by atoms with Crippen LogP contribution in [-0.2, 0) is 10.0 Å². The van der Waals surface area contributed by atoms with Crippen molar-refractivity contribution in [2.24, 2.45) is 0 Å². The Morgan fingerprint density at radius 2 is 1.81 bits per heavy atom. The first-order valence-corrected chi connectivity index (χ1v) is 10.7. The van der Waals surface area contributed by atoms with E-state index >= 15 is 0 Å². The standard InChI is InChI=1S/C18H17N5O2S2/c24-27(25,17-5-3-16(4-6-17)22-10-1-8-19-22)21-13-18(15-7-12-26-14-15)23-11-2-9-20-23/h1-12,14,18,21H,13H2. The fourth-order valence-corrected chi connectivity index (χ4v) is 4.51. The summed E-state index contributed by atoms with van der Waals surface area (Å²) in [7, 11) is -3.64. The number of thiophene rings is 1. The van der Waals surface area contributed by atoms with Crippen LogP contribution in [0.5, 0.6) is 0 Å². The van der Waals surface area contributed by atoms with E-state index in [9.17, 15) is 8.42 Å². The molecule has 1 N–H and O–H groups in total. The minimum Gasteiger partial charge on any atom is -0.264 e. The molecule has 27 heavy (non-hydrogen) atoms. The first-order valence-electron chi connectivity index (χ1n) is 8.24. The lowest BCUT2D eigenvalue weighted by molar-refractivity contribution is 0.506. The largest absolute Gasteiger partial charge is 0.264 e. The van der Waals surface area contributed by atoms with E-state index in [1.807, 2.05) is 35.2 Å². The molecule has 1 aromatic carbocycles. The van der Waals surface area contributed by atoms with Crippen LogP contribution in [0.1, 0.15) is 11.6 Å². The molecule has 7 nitrogen and oxygen atoms in total. The van der Waals surface area contributed by atoms with E-state index in [4.69, 9.17) is 0 Å². The van der Waals surface area contributed by atoms with Gasteiger partial charge in [-0.05, 0) is 58.8 Å². The molecule has 0 fully saturated rings. The second-order valence-corrected chi connectivity index (χ2v) is 8.40. The fourth-order valence-electron chi connectivity index (χ4n) is 2.77. The summed E-state index contributed by atoms with van der Waals surface area (Å²) in [6, 6.07) is 12.0. The van der Waals surface area contributed by atoms with Crippen molar-refractivity contribution in [2.75, 3.05) is 6.54 Å². The van der Waals surface area contributed by atoms with Crippen molar-refractivity contribution in [3.8, 4) is 5.69 Å². The van der Waals surface area contributed by atoms with Gasteiger partial charge in [-0.1, -0.05) is 0 Å². The third kappa shape index (κ3) is 3.85. The fraction of sp³-hybridized carbons (Fsp3) is 0.111. The van der Waals surface area contributed by atoms with Gasteiger partial charge in [-0.2, -0.15) is 21.5 Å². The average molecular weight is 400 g/mol. The summed E-state index contributed by atoms with van der Waals surface area (Å²) in [5, 5.41) is 12.4. The molecule has 0 spiro atoms. The Balaban J connectivity index is 1.52. The summed E-state index contributed by atoms with van der Waals surface area (Å²) in [5.41, 5.74) is 1.81. The molecule has 0 saturated carbocycles. The van der Waals surface area contributed by atoms with E-state index in [2.05, 4.69) is 14.9 Å². The van der Waals surface area contributed by atoms with Crippen LogP contribution in [-0.4, -0.2) is 34.5 Å². The molecule has 0 radical (unpaired) electrons. The Bertz CT molecular complexity index is 1040. The number of benzene rings is 1. The lowest BCUT2D eigenvalue weighted by Crippen LogP contribution is -2.31. The summed E-state index contributed by atoms with van der Waals surface area (Å²) in [6.45, 7) is 0.210. The van der Waals surface area contributed by atoms with Gasteiger partial charge < -0.3 is 0 Å². The van der Waals surface area contributed by atoms with Gasteiger partial charge in [-0.3, -0.25) is 4.68 Å². The third-order valence-electron chi connectivity index (χ3n) is 4.15. The van der Waals surface area contributed by atoms with E-state index in [0.717, 1.165) is 11.3 Å². The average Bonchev–Trinajstić information content (AvgIpc) is 3.44. The molecule has 4 aromatic rings. The highest BCUT2D eigenvalue weighted by Gasteiger charge is 2.20. The Morgan fingerprint density at radius 1 is 1.04 bits per heavy atom. The molecule has 0 aliphatic heterocycles. The molecule has 4 rings (SSSR count). The second kappa shape index (κ2) is 7.47. The van der Waals surface area contributed by atoms with E-state index < -0.39 is 10.0 Å². The molecule has 9 heteroatoms. The molecule has 138 valence electrons. The third-order valence-corrected chi connectivity index (χ3v) is 6.30. The highest BCUT2D eigenvalue weighted by molar-refractivity contribution is 7.89. The lowest BCUT2D eigenvalue weighted by atomic mass is 10.1. The van der Waals surface area contributed by atoms with Gasteiger partial charge in [0.1, 0.15) is 0 Å². The number of nitrogens with one attached hydrogen (secondary N) is 1. The summed E-state index contributed by atoms with van der Waals surface area (Å²) in [6.07, 6.45) is 6.99. The summed E-state index contributed by atoms with van der Waals surface area (Å²) in [5.74, 6) is 0. The maximum atomic E-state index is 12.7. The Morgan fingerprint density at radius 3 is 2.44 bits per heavy atom. The minimum absolute atomic E-state index is 0.204. The van der Waals surface area contributed by atoms with Gasteiger partial charge >= 0.3 is 0 Å². The smallest absolute Gasteiger partial charge is 0.240 e. The zero-order chi connectivity index (χ0) is 18.7. The molecular formula is C18H17N5O2S2. The molecular weight excluding hydrogens is 382 g/mol. The molecule has 3 aromatic heterocycles. The first-order chi connectivity index (χ1) is 13.1. The predicted octanol–water partition coefficient (Wildman–Crippen LogP) is 2.70. The first kappa shape index (κ1) is 17.7. The van der Waals surface area contributed by atoms with Crippen molar-refractivity contribution < 1.29 is 8.42 Å². The van der Waals surface area contributed by atoms with Crippen LogP contribution in [0.15, 0.2) is 82.9 Å². The van der Waals surface area contributed by atoms with Gasteiger partial charge in [0, 0.05) is 31.3 Å². The Labute approximate surface area is 160 Å². The molecule has 0 amide bonds. The highest BCUT2D eigenvalue weighted by Crippen LogP contribution is 2.21. The summed E-state index contributed by atoms with van der Waals surface area (Å²) < 4.78 is 31.6. The lowest BCUT2D eigenvalue weighted by Gasteiger charge is -2.17. The molecule has 0 bridgehead atoms. The van der Waals surface area contributed by atoms with Crippen LogP contribution < -0.4 is 4.72 Å². The van der Waals surface area contributed by atoms with Crippen molar-refractivity contribution in [3.05, 3.63) is 83.6 Å². The van der Waals surface area contributed by atoms with Crippen molar-refractivity contribution >= 4 is 21.4 Å².